The predicted octanol–water partition coefficient (Wildman–Crippen LogP) is 1.77. The van der Waals surface area contributed by atoms with E-state index in [2.05, 4.69) is 20.1 Å². The summed E-state index contributed by atoms with van der Waals surface area (Å²) in [6.45, 7) is 0. The maximum Gasteiger partial charge on any atom is 0.280 e. The van der Waals surface area contributed by atoms with E-state index in [4.69, 9.17) is 5.26 Å². The number of carbonyl (C=O) groups excluding carboxylic acids is 1. The largest absolute Gasteiger partial charge is 0.325 e. The smallest absolute Gasteiger partial charge is 0.280 e. The van der Waals surface area contributed by atoms with Gasteiger partial charge in [-0.3, -0.25) is 9.48 Å². The molecule has 0 saturated carbocycles. The van der Waals surface area contributed by atoms with E-state index in [9.17, 15) is 17.6 Å². The van der Waals surface area contributed by atoms with E-state index in [0.29, 0.717) is 5.01 Å². The summed E-state index contributed by atoms with van der Waals surface area (Å²) in [5.74, 6) is -1.30. The molecule has 0 unspecified atom stereocenters. The number of halogens is 1. The van der Waals surface area contributed by atoms with Crippen LogP contribution in [0.5, 0.6) is 0 Å². The van der Waals surface area contributed by atoms with Crippen LogP contribution in [0.25, 0.3) is 10.4 Å². The Morgan fingerprint density at radius 2 is 2.16 bits per heavy atom. The molecule has 32 heavy (non-hydrogen) atoms. The Kier molecular flexibility index (Phi) is 5.78. The lowest BCUT2D eigenvalue weighted by Gasteiger charge is -2.35. The van der Waals surface area contributed by atoms with Crippen molar-refractivity contribution in [3.05, 3.63) is 53.2 Å². The molecule has 2 aromatic heterocycles. The maximum atomic E-state index is 13.5. The Morgan fingerprint density at radius 1 is 1.38 bits per heavy atom. The van der Waals surface area contributed by atoms with Gasteiger partial charge < -0.3 is 5.32 Å². The maximum absolute atomic E-state index is 13.5. The lowest BCUT2D eigenvalue weighted by molar-refractivity contribution is -0.120. The molecule has 1 aromatic carbocycles. The van der Waals surface area contributed by atoms with Gasteiger partial charge in [0.25, 0.3) is 10.2 Å². The fourth-order valence-electron chi connectivity index (χ4n) is 3.32. The highest BCUT2D eigenvalue weighted by Crippen LogP contribution is 2.34. The number of likely N-dealkylation sites (N-methyl/N-ethyl adjacent to an activating group) is 1. The Bertz CT molecular complexity index is 1330. The number of nitriles is 1. The van der Waals surface area contributed by atoms with Crippen LogP contribution in [-0.4, -0.2) is 46.5 Å². The summed E-state index contributed by atoms with van der Waals surface area (Å²) in [7, 11) is -0.861. The molecule has 1 aliphatic rings. The molecule has 0 bridgehead atoms. The topological polar surface area (TPSA) is 133 Å². The number of amides is 1. The SMILES string of the molecule is CN1[C@H](C(=O)Nc2ccc(F)c(C#N)c2)C[C@H](c2ncc(-c3cnn(C)c3)s2)NS1(=O)=O. The molecule has 10 nitrogen and oxygen atoms in total. The zero-order valence-corrected chi connectivity index (χ0v) is 18.6. The van der Waals surface area contributed by atoms with Gasteiger partial charge in [0.1, 0.15) is 22.9 Å². The fourth-order valence-corrected chi connectivity index (χ4v) is 5.60. The molecule has 2 atom stereocenters. The van der Waals surface area contributed by atoms with E-state index >= 15 is 0 Å². The average Bonchev–Trinajstić information content (AvgIpc) is 3.40. The van der Waals surface area contributed by atoms with Crippen molar-refractivity contribution in [3.63, 3.8) is 0 Å². The number of hydrogen-bond donors (Lipinski definition) is 2. The number of rotatable bonds is 4. The first-order valence-corrected chi connectivity index (χ1v) is 11.6. The van der Waals surface area contributed by atoms with Crippen molar-refractivity contribution in [2.45, 2.75) is 18.5 Å². The second kappa shape index (κ2) is 8.40. The molecular formula is C19H18FN7O3S2. The van der Waals surface area contributed by atoms with Crippen LogP contribution in [0.15, 0.2) is 36.8 Å². The summed E-state index contributed by atoms with van der Waals surface area (Å²) >= 11 is 1.31. The first-order valence-electron chi connectivity index (χ1n) is 9.38. The lowest BCUT2D eigenvalue weighted by Crippen LogP contribution is -2.55. The van der Waals surface area contributed by atoms with Crippen LogP contribution in [-0.2, 0) is 22.1 Å². The van der Waals surface area contributed by atoms with E-state index in [1.54, 1.807) is 30.2 Å². The molecule has 0 radical (unpaired) electrons. The average molecular weight is 476 g/mol. The van der Waals surface area contributed by atoms with Gasteiger partial charge in [-0.1, -0.05) is 0 Å². The minimum absolute atomic E-state index is 0.133. The van der Waals surface area contributed by atoms with Gasteiger partial charge in [-0.05, 0) is 24.6 Å². The molecule has 1 saturated heterocycles. The highest BCUT2D eigenvalue weighted by molar-refractivity contribution is 7.87. The first-order chi connectivity index (χ1) is 15.2. The summed E-state index contributed by atoms with van der Waals surface area (Å²) in [6.07, 6.45) is 5.28. The van der Waals surface area contributed by atoms with Crippen LogP contribution in [0.1, 0.15) is 23.0 Å². The Labute approximate surface area is 187 Å². The van der Waals surface area contributed by atoms with E-state index in [1.165, 1.54) is 30.5 Å². The number of nitrogens with zero attached hydrogens (tertiary/aromatic N) is 5. The van der Waals surface area contributed by atoms with Crippen molar-refractivity contribution in [1.82, 2.24) is 23.8 Å². The number of nitrogens with one attached hydrogen (secondary N) is 2. The van der Waals surface area contributed by atoms with Crippen molar-refractivity contribution in [3.8, 4) is 16.5 Å². The number of carbonyl (C=O) groups is 1. The molecule has 1 amide bonds. The number of aromatic nitrogens is 3. The summed E-state index contributed by atoms with van der Waals surface area (Å²) < 4.78 is 44.0. The second-order valence-corrected chi connectivity index (χ2v) is 10.0. The van der Waals surface area contributed by atoms with Gasteiger partial charge in [-0.25, -0.2) is 9.37 Å². The van der Waals surface area contributed by atoms with Crippen molar-refractivity contribution < 1.29 is 17.6 Å². The van der Waals surface area contributed by atoms with Crippen molar-refractivity contribution in [2.24, 2.45) is 7.05 Å². The van der Waals surface area contributed by atoms with E-state index in [1.807, 2.05) is 6.20 Å². The van der Waals surface area contributed by atoms with Gasteiger partial charge in [-0.2, -0.15) is 27.8 Å². The van der Waals surface area contributed by atoms with Crippen LogP contribution in [0.3, 0.4) is 0 Å². The van der Waals surface area contributed by atoms with Crippen molar-refractivity contribution in [2.75, 3.05) is 12.4 Å². The Hall–Kier alpha value is -3.18. The third kappa shape index (κ3) is 4.26. The molecule has 2 N–H and O–H groups in total. The Balaban J connectivity index is 1.57. The molecule has 13 heteroatoms. The van der Waals surface area contributed by atoms with E-state index < -0.39 is 34.0 Å². The van der Waals surface area contributed by atoms with Crippen LogP contribution in [0.4, 0.5) is 10.1 Å². The summed E-state index contributed by atoms with van der Waals surface area (Å²) in [4.78, 5) is 18.1. The van der Waals surface area contributed by atoms with E-state index in [0.717, 1.165) is 20.8 Å². The van der Waals surface area contributed by atoms with Gasteiger partial charge in [0.15, 0.2) is 0 Å². The van der Waals surface area contributed by atoms with Gasteiger partial charge in [0.05, 0.1) is 22.7 Å². The quantitative estimate of drug-likeness (QED) is 0.591. The number of anilines is 1. The van der Waals surface area contributed by atoms with Gasteiger partial charge in [0.2, 0.25) is 5.91 Å². The number of benzene rings is 1. The zero-order chi connectivity index (χ0) is 23.0. The van der Waals surface area contributed by atoms with Crippen LogP contribution >= 0.6 is 11.3 Å². The van der Waals surface area contributed by atoms with Crippen molar-refractivity contribution in [1.29, 1.82) is 5.26 Å². The van der Waals surface area contributed by atoms with Gasteiger partial charge in [-0.15, -0.1) is 11.3 Å². The Morgan fingerprint density at radius 3 is 2.84 bits per heavy atom. The minimum Gasteiger partial charge on any atom is -0.325 e. The molecular weight excluding hydrogens is 457 g/mol. The summed E-state index contributed by atoms with van der Waals surface area (Å²) in [5, 5.41) is 16.2. The molecule has 1 fully saturated rings. The van der Waals surface area contributed by atoms with Crippen LogP contribution in [0.2, 0.25) is 0 Å². The first kappa shape index (κ1) is 22.0. The molecule has 0 aliphatic carbocycles. The third-order valence-electron chi connectivity index (χ3n) is 5.04. The van der Waals surface area contributed by atoms with Gasteiger partial charge >= 0.3 is 0 Å². The molecule has 3 heterocycles. The number of aryl methyl sites for hydroxylation is 1. The fraction of sp³-hybridized carbons (Fsp3) is 0.263. The molecule has 4 rings (SSSR count). The van der Waals surface area contributed by atoms with E-state index in [-0.39, 0.29) is 17.7 Å². The normalized spacial score (nSPS) is 20.6. The second-order valence-electron chi connectivity index (χ2n) is 7.20. The molecule has 3 aromatic rings. The monoisotopic (exact) mass is 475 g/mol. The molecule has 0 spiro atoms. The number of hydrogen-bond acceptors (Lipinski definition) is 7. The van der Waals surface area contributed by atoms with Crippen molar-refractivity contribution >= 4 is 33.1 Å². The summed E-state index contributed by atoms with van der Waals surface area (Å²) in [5.41, 5.74) is 0.825. The van der Waals surface area contributed by atoms with Crippen LogP contribution in [0, 0.1) is 17.1 Å². The highest BCUT2D eigenvalue weighted by Gasteiger charge is 2.41. The standard InChI is InChI=1S/C19H18FN7O3S2/c1-26-10-12(8-23-26)17-9-22-19(31-17)15-6-16(27(2)32(29,30)25-15)18(28)24-13-3-4-14(20)11(5-13)7-21/h3-5,8-10,15-16,25H,6H2,1-2H3,(H,24,28)/t15-,16+/m1/s1. The zero-order valence-electron chi connectivity index (χ0n) is 17.0. The molecule has 1 aliphatic heterocycles. The number of thiazole rings is 1. The predicted molar refractivity (Wildman–Crippen MR) is 115 cm³/mol. The van der Waals surface area contributed by atoms with Gasteiger partial charge in [0, 0.05) is 37.7 Å². The lowest BCUT2D eigenvalue weighted by atomic mass is 10.1. The van der Waals surface area contributed by atoms with Crippen LogP contribution < -0.4 is 10.0 Å². The molecule has 166 valence electrons. The third-order valence-corrected chi connectivity index (χ3v) is 7.79. The minimum atomic E-state index is -3.96. The highest BCUT2D eigenvalue weighted by atomic mass is 32.2. The summed E-state index contributed by atoms with van der Waals surface area (Å²) in [6, 6.07) is 3.53.